The maximum Gasteiger partial charge on any atom is 0.192 e. The van der Waals surface area contributed by atoms with E-state index in [0.717, 1.165) is 39.1 Å². The Labute approximate surface area is 353 Å². The van der Waals surface area contributed by atoms with Crippen LogP contribution in [-0.2, 0) is 26.0 Å². The van der Waals surface area contributed by atoms with Crippen LogP contribution in [0.2, 0.25) is 18.1 Å². The van der Waals surface area contributed by atoms with Gasteiger partial charge < -0.3 is 33.3 Å². The van der Waals surface area contributed by atoms with Gasteiger partial charge in [0.15, 0.2) is 8.32 Å². The van der Waals surface area contributed by atoms with Gasteiger partial charge in [0.25, 0.3) is 0 Å². The third-order valence-electron chi connectivity index (χ3n) is 12.0. The van der Waals surface area contributed by atoms with Gasteiger partial charge in [-0.2, -0.15) is 5.10 Å². The van der Waals surface area contributed by atoms with Crippen LogP contribution in [-0.4, -0.2) is 65.7 Å². The van der Waals surface area contributed by atoms with Gasteiger partial charge in [0.05, 0.1) is 38.0 Å². The summed E-state index contributed by atoms with van der Waals surface area (Å²) >= 11 is 0. The van der Waals surface area contributed by atoms with E-state index in [1.807, 2.05) is 53.3 Å². The Morgan fingerprint density at radius 1 is 0.817 bits per heavy atom. The fourth-order valence-corrected chi connectivity index (χ4v) is 9.22. The van der Waals surface area contributed by atoms with Crippen molar-refractivity contribution in [2.24, 2.45) is 0 Å². The van der Waals surface area contributed by atoms with E-state index in [1.165, 1.54) is 0 Å². The van der Waals surface area contributed by atoms with Crippen molar-refractivity contribution in [3.8, 4) is 17.2 Å². The molecular formula is C48H54N6O5Si. The normalized spacial score (nSPS) is 17.2. The minimum absolute atomic E-state index is 0.0217. The van der Waals surface area contributed by atoms with Crippen LogP contribution in [0.4, 0.5) is 5.82 Å². The fraction of sp³-hybridized carbons (Fsp3) is 0.312. The molecule has 0 radical (unpaired) electrons. The van der Waals surface area contributed by atoms with Crippen LogP contribution in [0.1, 0.15) is 55.7 Å². The Balaban J connectivity index is 1.18. The van der Waals surface area contributed by atoms with Gasteiger partial charge in [-0.1, -0.05) is 112 Å². The van der Waals surface area contributed by atoms with E-state index in [4.69, 9.17) is 33.3 Å². The van der Waals surface area contributed by atoms with Crippen LogP contribution in [0.5, 0.6) is 11.5 Å². The molecule has 1 unspecified atom stereocenters. The number of fused-ring (bicyclic) bond motifs is 1. The third-order valence-corrected chi connectivity index (χ3v) is 16.5. The first-order valence-corrected chi connectivity index (χ1v) is 23.4. The van der Waals surface area contributed by atoms with Gasteiger partial charge in [-0.05, 0) is 53.0 Å². The van der Waals surface area contributed by atoms with E-state index in [1.54, 1.807) is 26.7 Å². The molecule has 11 nitrogen and oxygen atoms in total. The molecule has 8 rings (SSSR count). The van der Waals surface area contributed by atoms with E-state index in [2.05, 4.69) is 128 Å². The average Bonchev–Trinajstić information content (AvgIpc) is 4.03. The summed E-state index contributed by atoms with van der Waals surface area (Å²) in [6, 6.07) is 39.0. The van der Waals surface area contributed by atoms with Crippen molar-refractivity contribution in [3.63, 3.8) is 0 Å². The number of benzene rings is 4. The van der Waals surface area contributed by atoms with Crippen molar-refractivity contribution in [2.75, 3.05) is 26.1 Å². The second-order valence-corrected chi connectivity index (χ2v) is 21.5. The zero-order valence-electron chi connectivity index (χ0n) is 35.4. The van der Waals surface area contributed by atoms with Gasteiger partial charge in [-0.25, -0.2) is 14.6 Å². The van der Waals surface area contributed by atoms with E-state index in [0.29, 0.717) is 30.2 Å². The number of methoxy groups -OCH3 is 2. The monoisotopic (exact) mass is 822 g/mol. The second-order valence-electron chi connectivity index (χ2n) is 16.7. The van der Waals surface area contributed by atoms with E-state index < -0.39 is 26.3 Å². The highest BCUT2D eigenvalue weighted by Gasteiger charge is 2.47. The summed E-state index contributed by atoms with van der Waals surface area (Å²) in [6.45, 7) is 12.1. The molecule has 3 atom stereocenters. The van der Waals surface area contributed by atoms with Crippen molar-refractivity contribution >= 4 is 25.2 Å². The van der Waals surface area contributed by atoms with Crippen LogP contribution in [0.15, 0.2) is 140 Å². The lowest BCUT2D eigenvalue weighted by molar-refractivity contribution is -0.0913. The molecule has 3 aromatic heterocycles. The topological polar surface area (TPSA) is 107 Å². The second kappa shape index (κ2) is 17.1. The van der Waals surface area contributed by atoms with Crippen LogP contribution >= 0.6 is 0 Å². The number of anilines is 1. The minimum Gasteiger partial charge on any atom is -0.497 e. The van der Waals surface area contributed by atoms with Crippen molar-refractivity contribution < 1.29 is 23.4 Å². The van der Waals surface area contributed by atoms with Gasteiger partial charge in [0.2, 0.25) is 0 Å². The Morgan fingerprint density at radius 3 is 2.03 bits per heavy atom. The van der Waals surface area contributed by atoms with Crippen molar-refractivity contribution in [2.45, 2.75) is 75.9 Å². The first-order valence-electron chi connectivity index (χ1n) is 20.5. The lowest BCUT2D eigenvalue weighted by Crippen LogP contribution is -2.47. The number of nitrogens with zero attached hydrogens (tertiary/aromatic N) is 5. The lowest BCUT2D eigenvalue weighted by Gasteiger charge is -2.40. The molecule has 1 N–H and O–H groups in total. The summed E-state index contributed by atoms with van der Waals surface area (Å²) in [7, 11) is 1.02. The molecule has 1 aliphatic heterocycles. The summed E-state index contributed by atoms with van der Waals surface area (Å²) < 4.78 is 36.9. The first kappa shape index (κ1) is 41.0. The highest BCUT2D eigenvalue weighted by atomic mass is 28.4. The van der Waals surface area contributed by atoms with Crippen molar-refractivity contribution in [3.05, 3.63) is 162 Å². The molecular weight excluding hydrogens is 769 g/mol. The predicted octanol–water partition coefficient (Wildman–Crippen LogP) is 9.93. The number of aromatic nitrogens is 5. The highest BCUT2D eigenvalue weighted by Crippen LogP contribution is 2.45. The fourth-order valence-electron chi connectivity index (χ4n) is 7.86. The number of ether oxygens (including phenoxy) is 4. The summed E-state index contributed by atoms with van der Waals surface area (Å²) in [5.74, 6) is 2.10. The molecule has 0 saturated carbocycles. The van der Waals surface area contributed by atoms with E-state index in [-0.39, 0.29) is 17.7 Å². The highest BCUT2D eigenvalue weighted by molar-refractivity contribution is 6.74. The average molecular weight is 823 g/mol. The van der Waals surface area contributed by atoms with Crippen LogP contribution in [0.3, 0.4) is 0 Å². The third kappa shape index (κ3) is 7.95. The van der Waals surface area contributed by atoms with Crippen molar-refractivity contribution in [1.29, 1.82) is 0 Å². The van der Waals surface area contributed by atoms with E-state index >= 15 is 0 Å². The summed E-state index contributed by atoms with van der Waals surface area (Å²) in [6.07, 6.45) is 6.84. The van der Waals surface area contributed by atoms with Crippen molar-refractivity contribution in [1.82, 2.24) is 24.3 Å². The smallest absolute Gasteiger partial charge is 0.192 e. The maximum atomic E-state index is 7.40. The molecule has 0 bridgehead atoms. The Morgan fingerprint density at radius 2 is 1.47 bits per heavy atom. The molecule has 7 aromatic rings. The molecule has 4 aromatic carbocycles. The summed E-state index contributed by atoms with van der Waals surface area (Å²) in [4.78, 5) is 9.63. The number of hydrogen-bond acceptors (Lipinski definition) is 9. The quantitative estimate of drug-likeness (QED) is 0.0799. The maximum absolute atomic E-state index is 7.40. The molecule has 0 aliphatic carbocycles. The minimum atomic E-state index is -2.28. The van der Waals surface area contributed by atoms with E-state index in [9.17, 15) is 0 Å². The zero-order chi connectivity index (χ0) is 41.9. The number of hydrogen-bond donors (Lipinski definition) is 1. The first-order chi connectivity index (χ1) is 29.0. The number of nitrogens with one attached hydrogen (secondary N) is 1. The number of rotatable bonds is 15. The van der Waals surface area contributed by atoms with Crippen LogP contribution < -0.4 is 14.8 Å². The standard InChI is InChI=1S/C48H54N6O5Si/c1-47(2,3)60(6,7)59-41-29-43(58-42(41)32-57-48(35-18-11-8-12-19-35,36-20-13-9-14-21-36)37-22-15-10-16-23-37)53-31-39(54-27-17-26-52-54)44-45(50-33-51-46(44)53)49-30-34-24-25-38(55-4)28-40(34)56-5/h8-28,31,33,41-43H,29-30,32H2,1-7H3,(H,49,50,51)/t41?,42-,43-/m1/s1. The SMILES string of the molecule is COc1ccc(CNc2ncnc3c2c(-n2cccn2)cn3[C@H]2CC(O[Si](C)(C)C(C)(C)C)[C@@H](COC(c3ccccc3)(c3ccccc3)c3ccccc3)O2)c(OC)c1. The molecule has 0 amide bonds. The van der Waals surface area contributed by atoms with Gasteiger partial charge in [0, 0.05) is 43.2 Å². The summed E-state index contributed by atoms with van der Waals surface area (Å²) in [5, 5.41) is 8.99. The zero-order valence-corrected chi connectivity index (χ0v) is 36.4. The van der Waals surface area contributed by atoms with Crippen LogP contribution in [0, 0.1) is 0 Å². The van der Waals surface area contributed by atoms with Gasteiger partial charge in [-0.15, -0.1) is 0 Å². The van der Waals surface area contributed by atoms with Crippen LogP contribution in [0.25, 0.3) is 16.7 Å². The Hall–Kier alpha value is -5.79. The molecule has 60 heavy (non-hydrogen) atoms. The van der Waals surface area contributed by atoms with Gasteiger partial charge in [0.1, 0.15) is 47.2 Å². The molecule has 1 fully saturated rings. The Kier molecular flexibility index (Phi) is 11.6. The molecule has 310 valence electrons. The van der Waals surface area contributed by atoms with Gasteiger partial charge in [-0.3, -0.25) is 0 Å². The summed E-state index contributed by atoms with van der Waals surface area (Å²) in [5.41, 5.74) is 4.66. The lowest BCUT2D eigenvalue weighted by atomic mass is 9.80. The van der Waals surface area contributed by atoms with Gasteiger partial charge >= 0.3 is 0 Å². The molecule has 4 heterocycles. The molecule has 1 saturated heterocycles. The predicted molar refractivity (Wildman–Crippen MR) is 237 cm³/mol. The molecule has 0 spiro atoms. The Bertz CT molecular complexity index is 2390. The molecule has 1 aliphatic rings. The largest absolute Gasteiger partial charge is 0.497 e. The molecule has 12 heteroatoms.